The van der Waals surface area contributed by atoms with Gasteiger partial charge in [-0.1, -0.05) is 36.4 Å². The molecule has 1 N–H and O–H groups in total. The van der Waals surface area contributed by atoms with Crippen LogP contribution in [0.15, 0.2) is 94.6 Å². The Morgan fingerprint density at radius 3 is 2.48 bits per heavy atom. The van der Waals surface area contributed by atoms with Crippen LogP contribution in [0.5, 0.6) is 5.75 Å². The number of nitrogens with zero attached hydrogens (tertiary/aromatic N) is 1. The Labute approximate surface area is 166 Å². The van der Waals surface area contributed by atoms with E-state index in [1.54, 1.807) is 36.4 Å². The number of amides is 1. The summed E-state index contributed by atoms with van der Waals surface area (Å²) in [5, 5.41) is 5.86. The van der Waals surface area contributed by atoms with Crippen LogP contribution in [0.25, 0.3) is 10.8 Å². The average Bonchev–Trinajstić information content (AvgIpc) is 3.30. The number of carbonyl (C=O) groups is 2. The molecule has 0 saturated carbocycles. The monoisotopic (exact) mass is 384 g/mol. The Morgan fingerprint density at radius 1 is 0.897 bits per heavy atom. The van der Waals surface area contributed by atoms with Gasteiger partial charge in [0.05, 0.1) is 12.5 Å². The third-order valence-corrected chi connectivity index (χ3v) is 4.23. The van der Waals surface area contributed by atoms with E-state index in [9.17, 15) is 9.59 Å². The highest BCUT2D eigenvalue weighted by molar-refractivity contribution is 6.07. The van der Waals surface area contributed by atoms with Gasteiger partial charge >= 0.3 is 5.97 Å². The number of nitrogens with one attached hydrogen (secondary N) is 1. The summed E-state index contributed by atoms with van der Waals surface area (Å²) in [5.41, 5.74) is 3.83. The Kier molecular flexibility index (Phi) is 5.16. The average molecular weight is 384 g/mol. The molecule has 0 aliphatic carbocycles. The number of hydrogen-bond donors (Lipinski definition) is 1. The Hall–Kier alpha value is -4.19. The second-order valence-electron chi connectivity index (χ2n) is 6.16. The fourth-order valence-electron chi connectivity index (χ4n) is 2.82. The SMILES string of the molecule is O=C(Oc1ccc(/C=N\NC(=O)c2cccc3ccccc23)cc1)c1ccco1. The van der Waals surface area contributed by atoms with Crippen LogP contribution in [0.1, 0.15) is 26.5 Å². The third kappa shape index (κ3) is 4.22. The van der Waals surface area contributed by atoms with Crippen molar-refractivity contribution in [2.45, 2.75) is 0 Å². The first-order chi connectivity index (χ1) is 14.2. The van der Waals surface area contributed by atoms with Crippen molar-refractivity contribution in [3.05, 3.63) is 102 Å². The second-order valence-corrected chi connectivity index (χ2v) is 6.16. The minimum atomic E-state index is -0.571. The summed E-state index contributed by atoms with van der Waals surface area (Å²) in [7, 11) is 0. The van der Waals surface area contributed by atoms with Gasteiger partial charge in [-0.05, 0) is 58.8 Å². The molecule has 29 heavy (non-hydrogen) atoms. The minimum Gasteiger partial charge on any atom is -0.457 e. The molecule has 0 bridgehead atoms. The number of fused-ring (bicyclic) bond motifs is 1. The lowest BCUT2D eigenvalue weighted by Crippen LogP contribution is -2.17. The van der Waals surface area contributed by atoms with Crippen LogP contribution in [0.4, 0.5) is 0 Å². The van der Waals surface area contributed by atoms with E-state index in [1.165, 1.54) is 18.5 Å². The van der Waals surface area contributed by atoms with Gasteiger partial charge in [-0.25, -0.2) is 10.2 Å². The molecule has 142 valence electrons. The van der Waals surface area contributed by atoms with Crippen LogP contribution >= 0.6 is 0 Å². The van der Waals surface area contributed by atoms with Gasteiger partial charge in [0.1, 0.15) is 5.75 Å². The first kappa shape index (κ1) is 18.2. The van der Waals surface area contributed by atoms with Crippen LogP contribution in [0, 0.1) is 0 Å². The van der Waals surface area contributed by atoms with Crippen molar-refractivity contribution in [2.75, 3.05) is 0 Å². The quantitative estimate of drug-likeness (QED) is 0.239. The number of carbonyl (C=O) groups excluding carboxylic acids is 2. The fourth-order valence-corrected chi connectivity index (χ4v) is 2.82. The van der Waals surface area contributed by atoms with Gasteiger partial charge in [-0.2, -0.15) is 5.10 Å². The first-order valence-corrected chi connectivity index (χ1v) is 8.87. The lowest BCUT2D eigenvalue weighted by molar-refractivity contribution is 0.0701. The van der Waals surface area contributed by atoms with Crippen molar-refractivity contribution in [3.8, 4) is 5.75 Å². The van der Waals surface area contributed by atoms with Crippen molar-refractivity contribution >= 4 is 28.9 Å². The molecular formula is C23H16N2O4. The van der Waals surface area contributed by atoms with Crippen molar-refractivity contribution in [1.29, 1.82) is 0 Å². The normalized spacial score (nSPS) is 10.9. The summed E-state index contributed by atoms with van der Waals surface area (Å²) in [6.45, 7) is 0. The molecule has 0 radical (unpaired) electrons. The van der Waals surface area contributed by atoms with Gasteiger partial charge in [-0.3, -0.25) is 4.79 Å². The molecule has 4 aromatic rings. The molecular weight excluding hydrogens is 368 g/mol. The maximum atomic E-state index is 12.4. The van der Waals surface area contributed by atoms with Crippen LogP contribution in [0.2, 0.25) is 0 Å². The molecule has 3 aromatic carbocycles. The van der Waals surface area contributed by atoms with E-state index in [0.29, 0.717) is 11.3 Å². The molecule has 1 amide bonds. The van der Waals surface area contributed by atoms with Gasteiger partial charge in [0.25, 0.3) is 5.91 Å². The zero-order valence-corrected chi connectivity index (χ0v) is 15.2. The molecule has 4 rings (SSSR count). The van der Waals surface area contributed by atoms with E-state index in [1.807, 2.05) is 36.4 Å². The van der Waals surface area contributed by atoms with E-state index in [-0.39, 0.29) is 11.7 Å². The molecule has 0 aliphatic rings. The number of hydrogen-bond acceptors (Lipinski definition) is 5. The topological polar surface area (TPSA) is 80.9 Å². The summed E-state index contributed by atoms with van der Waals surface area (Å²) in [4.78, 5) is 24.3. The molecule has 0 unspecified atom stereocenters. The number of hydrazone groups is 1. The highest BCUT2D eigenvalue weighted by Crippen LogP contribution is 2.18. The summed E-state index contributed by atoms with van der Waals surface area (Å²) in [6.07, 6.45) is 2.92. The lowest BCUT2D eigenvalue weighted by atomic mass is 10.0. The Bertz CT molecular complexity index is 1170. The van der Waals surface area contributed by atoms with Crippen LogP contribution in [-0.4, -0.2) is 18.1 Å². The standard InChI is InChI=1S/C23H16N2O4/c26-22(20-8-3-6-17-5-1-2-7-19(17)20)25-24-15-16-10-12-18(13-11-16)29-23(27)21-9-4-14-28-21/h1-15H,(H,25,26)/b24-15-. The molecule has 0 saturated heterocycles. The van der Waals surface area contributed by atoms with Crippen molar-refractivity contribution in [3.63, 3.8) is 0 Å². The molecule has 0 aliphatic heterocycles. The van der Waals surface area contributed by atoms with Crippen molar-refractivity contribution < 1.29 is 18.7 Å². The second kappa shape index (κ2) is 8.22. The molecule has 1 aromatic heterocycles. The van der Waals surface area contributed by atoms with Crippen LogP contribution in [0.3, 0.4) is 0 Å². The first-order valence-electron chi connectivity index (χ1n) is 8.87. The van der Waals surface area contributed by atoms with Gasteiger partial charge in [-0.15, -0.1) is 0 Å². The van der Waals surface area contributed by atoms with Gasteiger partial charge in [0.2, 0.25) is 5.76 Å². The Balaban J connectivity index is 1.39. The maximum Gasteiger partial charge on any atom is 0.379 e. The largest absolute Gasteiger partial charge is 0.457 e. The lowest BCUT2D eigenvalue weighted by Gasteiger charge is -2.05. The number of furan rings is 1. The third-order valence-electron chi connectivity index (χ3n) is 4.23. The Morgan fingerprint density at radius 2 is 1.69 bits per heavy atom. The summed E-state index contributed by atoms with van der Waals surface area (Å²) in [6, 6.07) is 23.1. The summed E-state index contributed by atoms with van der Waals surface area (Å²) >= 11 is 0. The molecule has 6 heteroatoms. The van der Waals surface area contributed by atoms with E-state index in [0.717, 1.165) is 16.3 Å². The molecule has 1 heterocycles. The van der Waals surface area contributed by atoms with Crippen molar-refractivity contribution in [1.82, 2.24) is 5.43 Å². The zero-order chi connectivity index (χ0) is 20.1. The summed E-state index contributed by atoms with van der Waals surface area (Å²) < 4.78 is 10.2. The molecule has 0 spiro atoms. The number of rotatable bonds is 5. The highest BCUT2D eigenvalue weighted by Gasteiger charge is 2.11. The summed E-state index contributed by atoms with van der Waals surface area (Å²) in [5.74, 6) is -0.351. The molecule has 0 fully saturated rings. The van der Waals surface area contributed by atoms with E-state index in [2.05, 4.69) is 10.5 Å². The number of ether oxygens (including phenoxy) is 1. The van der Waals surface area contributed by atoms with E-state index in [4.69, 9.17) is 9.15 Å². The smallest absolute Gasteiger partial charge is 0.379 e. The zero-order valence-electron chi connectivity index (χ0n) is 15.2. The van der Waals surface area contributed by atoms with Gasteiger partial charge < -0.3 is 9.15 Å². The van der Waals surface area contributed by atoms with E-state index >= 15 is 0 Å². The predicted molar refractivity (Wildman–Crippen MR) is 109 cm³/mol. The minimum absolute atomic E-state index is 0.131. The van der Waals surface area contributed by atoms with Crippen LogP contribution < -0.4 is 10.2 Å². The fraction of sp³-hybridized carbons (Fsp3) is 0. The predicted octanol–water partition coefficient (Wildman–Crippen LogP) is 4.42. The van der Waals surface area contributed by atoms with Gasteiger partial charge in [0.15, 0.2) is 0 Å². The van der Waals surface area contributed by atoms with Gasteiger partial charge in [0, 0.05) is 5.56 Å². The highest BCUT2D eigenvalue weighted by atomic mass is 16.5. The van der Waals surface area contributed by atoms with Crippen molar-refractivity contribution in [2.24, 2.45) is 5.10 Å². The number of esters is 1. The molecule has 6 nitrogen and oxygen atoms in total. The van der Waals surface area contributed by atoms with Crippen LogP contribution in [-0.2, 0) is 0 Å². The number of benzene rings is 3. The maximum absolute atomic E-state index is 12.4. The molecule has 0 atom stereocenters. The van der Waals surface area contributed by atoms with E-state index < -0.39 is 5.97 Å².